The number of ether oxygens (including phenoxy) is 1. The molecule has 12 heteroatoms. The SMILES string of the molecule is COc1ncc(C(F)(F)F)cc1CN[C@@H]1[C@@H](C(C)(C)C)[C@H](C(=O)O)N(C(=O)C2CCCCC2)[C@@H]1c1cccnc1N(C)C. The van der Waals surface area contributed by atoms with Gasteiger partial charge >= 0.3 is 12.1 Å². The van der Waals surface area contributed by atoms with Crippen molar-refractivity contribution < 1.29 is 32.6 Å². The van der Waals surface area contributed by atoms with Gasteiger partial charge in [0.1, 0.15) is 11.9 Å². The van der Waals surface area contributed by atoms with Crippen molar-refractivity contribution in [3.8, 4) is 5.88 Å². The molecular formula is C31H42F3N5O4. The standard InChI is InChI=1S/C31H42F3N5O4/c1-30(2,3)22-23(36-16-19-15-20(31(32,33)34)17-37-27(19)43-6)24(21-13-10-14-35-26(21)38(4)5)39(25(22)29(41)42)28(40)18-11-8-7-9-12-18/h10,13-15,17-18,22-25,36H,7-9,11-12,16H2,1-6H3,(H,41,42)/t22-,23-,24-,25-/m1/s1. The Kier molecular flexibility index (Phi) is 9.58. The lowest BCUT2D eigenvalue weighted by atomic mass is 9.72. The molecule has 2 N–H and O–H groups in total. The highest BCUT2D eigenvalue weighted by Gasteiger charge is 2.59. The van der Waals surface area contributed by atoms with Gasteiger partial charge in [0.05, 0.1) is 18.7 Å². The molecule has 4 rings (SSSR count). The number of carboxylic acids is 1. The van der Waals surface area contributed by atoms with Crippen LogP contribution in [0.15, 0.2) is 30.6 Å². The van der Waals surface area contributed by atoms with Crippen LogP contribution < -0.4 is 15.0 Å². The fourth-order valence-electron chi connectivity index (χ4n) is 6.82. The minimum Gasteiger partial charge on any atom is -0.481 e. The van der Waals surface area contributed by atoms with E-state index < -0.39 is 47.2 Å². The van der Waals surface area contributed by atoms with Gasteiger partial charge in [0, 0.05) is 62.0 Å². The van der Waals surface area contributed by atoms with E-state index >= 15 is 0 Å². The molecule has 0 unspecified atom stereocenters. The van der Waals surface area contributed by atoms with Gasteiger partial charge in [-0.05, 0) is 30.4 Å². The fourth-order valence-corrected chi connectivity index (χ4v) is 6.82. The number of aromatic nitrogens is 2. The number of amides is 1. The van der Waals surface area contributed by atoms with Gasteiger partial charge in [0.25, 0.3) is 0 Å². The molecule has 1 saturated carbocycles. The zero-order valence-corrected chi connectivity index (χ0v) is 25.6. The average Bonchev–Trinajstić information content (AvgIpc) is 3.31. The van der Waals surface area contributed by atoms with Crippen LogP contribution in [0.1, 0.15) is 75.6 Å². The van der Waals surface area contributed by atoms with Crippen molar-refractivity contribution in [1.29, 1.82) is 0 Å². The first-order valence-corrected chi connectivity index (χ1v) is 14.7. The Labute approximate surface area is 250 Å². The molecule has 43 heavy (non-hydrogen) atoms. The topological polar surface area (TPSA) is 108 Å². The molecular weight excluding hydrogens is 563 g/mol. The van der Waals surface area contributed by atoms with Crippen LogP contribution in [0.2, 0.25) is 0 Å². The minimum absolute atomic E-state index is 0.0302. The Bertz CT molecular complexity index is 1310. The molecule has 2 aliphatic rings. The smallest absolute Gasteiger partial charge is 0.417 e. The van der Waals surface area contributed by atoms with E-state index in [4.69, 9.17) is 4.74 Å². The molecule has 1 aliphatic heterocycles. The summed E-state index contributed by atoms with van der Waals surface area (Å²) in [7, 11) is 4.98. The van der Waals surface area contributed by atoms with Crippen molar-refractivity contribution in [2.24, 2.45) is 17.3 Å². The van der Waals surface area contributed by atoms with Crippen molar-refractivity contribution in [1.82, 2.24) is 20.2 Å². The number of hydrogen-bond donors (Lipinski definition) is 2. The molecule has 2 aromatic heterocycles. The summed E-state index contributed by atoms with van der Waals surface area (Å²) in [6.45, 7) is 5.69. The number of carboxylic acid groups (broad SMARTS) is 1. The summed E-state index contributed by atoms with van der Waals surface area (Å²) in [5, 5.41) is 14.1. The number of anilines is 1. The Morgan fingerprint density at radius 3 is 2.37 bits per heavy atom. The maximum Gasteiger partial charge on any atom is 0.417 e. The third kappa shape index (κ3) is 6.73. The lowest BCUT2D eigenvalue weighted by molar-refractivity contribution is -0.154. The summed E-state index contributed by atoms with van der Waals surface area (Å²) in [5.74, 6) is -1.62. The van der Waals surface area contributed by atoms with Crippen molar-refractivity contribution in [2.45, 2.75) is 83.7 Å². The molecule has 9 nitrogen and oxygen atoms in total. The monoisotopic (exact) mass is 605 g/mol. The van der Waals surface area contributed by atoms with Gasteiger partial charge in [0.2, 0.25) is 11.8 Å². The quantitative estimate of drug-likeness (QED) is 0.417. The van der Waals surface area contributed by atoms with Crippen LogP contribution in [0.25, 0.3) is 0 Å². The first-order valence-electron chi connectivity index (χ1n) is 14.7. The predicted molar refractivity (Wildman–Crippen MR) is 156 cm³/mol. The number of nitrogens with one attached hydrogen (secondary N) is 1. The number of halogens is 3. The minimum atomic E-state index is -4.61. The second kappa shape index (κ2) is 12.7. The van der Waals surface area contributed by atoms with Gasteiger partial charge in [-0.15, -0.1) is 0 Å². The van der Waals surface area contributed by atoms with Gasteiger partial charge in [-0.1, -0.05) is 46.1 Å². The van der Waals surface area contributed by atoms with E-state index in [1.165, 1.54) is 12.0 Å². The number of nitrogens with zero attached hydrogens (tertiary/aromatic N) is 4. The maximum atomic E-state index is 14.4. The van der Waals surface area contributed by atoms with Gasteiger partial charge in [-0.3, -0.25) is 4.79 Å². The number of aliphatic carboxylic acids is 1. The highest BCUT2D eigenvalue weighted by Crippen LogP contribution is 2.50. The second-order valence-electron chi connectivity index (χ2n) is 12.8. The maximum absolute atomic E-state index is 14.4. The summed E-state index contributed by atoms with van der Waals surface area (Å²) < 4.78 is 46.1. The van der Waals surface area contributed by atoms with Crippen LogP contribution in [0, 0.1) is 17.3 Å². The molecule has 236 valence electrons. The summed E-state index contributed by atoms with van der Waals surface area (Å²) in [5.41, 5.74) is -0.690. The lowest BCUT2D eigenvalue weighted by Crippen LogP contribution is -2.49. The van der Waals surface area contributed by atoms with Gasteiger partial charge in [-0.25, -0.2) is 14.8 Å². The van der Waals surface area contributed by atoms with Crippen LogP contribution in [-0.2, 0) is 22.3 Å². The van der Waals surface area contributed by atoms with E-state index in [1.54, 1.807) is 12.3 Å². The Morgan fingerprint density at radius 1 is 1.14 bits per heavy atom. The molecule has 4 atom stereocenters. The van der Waals surface area contributed by atoms with Crippen molar-refractivity contribution >= 4 is 17.7 Å². The molecule has 0 bridgehead atoms. The largest absolute Gasteiger partial charge is 0.481 e. The molecule has 0 aromatic carbocycles. The normalized spacial score (nSPS) is 23.3. The van der Waals surface area contributed by atoms with E-state index in [2.05, 4.69) is 15.3 Å². The molecule has 0 spiro atoms. The summed E-state index contributed by atoms with van der Waals surface area (Å²) in [4.78, 5) is 39.3. The molecule has 2 aromatic rings. The highest BCUT2D eigenvalue weighted by atomic mass is 19.4. The summed E-state index contributed by atoms with van der Waals surface area (Å²) in [6, 6.07) is 2.01. The van der Waals surface area contributed by atoms with Gasteiger partial charge < -0.3 is 25.0 Å². The van der Waals surface area contributed by atoms with Crippen molar-refractivity contribution in [2.75, 3.05) is 26.1 Å². The van der Waals surface area contributed by atoms with Crippen LogP contribution in [-0.4, -0.2) is 65.1 Å². The van der Waals surface area contributed by atoms with Crippen LogP contribution in [0.4, 0.5) is 19.0 Å². The zero-order valence-electron chi connectivity index (χ0n) is 25.6. The molecule has 1 amide bonds. The fraction of sp³-hybridized carbons (Fsp3) is 0.613. The average molecular weight is 606 g/mol. The van der Waals surface area contributed by atoms with E-state index in [0.29, 0.717) is 24.2 Å². The number of pyridine rings is 2. The van der Waals surface area contributed by atoms with Crippen LogP contribution in [0.3, 0.4) is 0 Å². The Balaban J connectivity index is 1.89. The first-order chi connectivity index (χ1) is 20.2. The van der Waals surface area contributed by atoms with Crippen molar-refractivity contribution in [3.05, 3.63) is 47.3 Å². The highest BCUT2D eigenvalue weighted by molar-refractivity contribution is 5.87. The predicted octanol–water partition coefficient (Wildman–Crippen LogP) is 5.31. The lowest BCUT2D eigenvalue weighted by Gasteiger charge is -2.36. The van der Waals surface area contributed by atoms with E-state index in [9.17, 15) is 27.9 Å². The molecule has 2 fully saturated rings. The molecule has 1 aliphatic carbocycles. The van der Waals surface area contributed by atoms with Gasteiger partial charge in [-0.2, -0.15) is 13.2 Å². The second-order valence-corrected chi connectivity index (χ2v) is 12.8. The van der Waals surface area contributed by atoms with Gasteiger partial charge in [0.15, 0.2) is 0 Å². The number of likely N-dealkylation sites (tertiary alicyclic amines) is 1. The van der Waals surface area contributed by atoms with Crippen LogP contribution in [0.5, 0.6) is 5.88 Å². The number of hydrogen-bond acceptors (Lipinski definition) is 7. The third-order valence-corrected chi connectivity index (χ3v) is 8.66. The number of rotatable bonds is 8. The Hall–Kier alpha value is -3.41. The third-order valence-electron chi connectivity index (χ3n) is 8.66. The van der Waals surface area contributed by atoms with E-state index in [0.717, 1.165) is 31.5 Å². The first kappa shape index (κ1) is 32.5. The summed E-state index contributed by atoms with van der Waals surface area (Å²) in [6.07, 6.45) is 1.96. The van der Waals surface area contributed by atoms with E-state index in [-0.39, 0.29) is 29.8 Å². The molecule has 1 saturated heterocycles. The number of methoxy groups -OCH3 is 1. The molecule has 0 radical (unpaired) electrons. The van der Waals surface area contributed by atoms with E-state index in [1.807, 2.05) is 45.8 Å². The molecule has 3 heterocycles. The van der Waals surface area contributed by atoms with Crippen LogP contribution >= 0.6 is 0 Å². The zero-order chi connectivity index (χ0) is 31.7. The Morgan fingerprint density at radius 2 is 1.81 bits per heavy atom. The number of carbonyl (C=O) groups excluding carboxylic acids is 1. The summed E-state index contributed by atoms with van der Waals surface area (Å²) >= 11 is 0. The van der Waals surface area contributed by atoms with Crippen molar-refractivity contribution in [3.63, 3.8) is 0 Å². The number of alkyl halides is 3. The number of carbonyl (C=O) groups is 2.